The van der Waals surface area contributed by atoms with Crippen molar-refractivity contribution in [1.29, 1.82) is 0 Å². The van der Waals surface area contributed by atoms with E-state index in [4.69, 9.17) is 21.1 Å². The van der Waals surface area contributed by atoms with Crippen LogP contribution in [0.4, 0.5) is 5.69 Å². The van der Waals surface area contributed by atoms with Gasteiger partial charge in [-0.3, -0.25) is 4.79 Å². The van der Waals surface area contributed by atoms with Crippen molar-refractivity contribution in [1.82, 2.24) is 5.32 Å². The highest BCUT2D eigenvalue weighted by molar-refractivity contribution is 6.34. The summed E-state index contributed by atoms with van der Waals surface area (Å²) in [4.78, 5) is 12.0. The molecule has 2 aliphatic heterocycles. The van der Waals surface area contributed by atoms with Crippen molar-refractivity contribution in [3.05, 3.63) is 17.2 Å². The van der Waals surface area contributed by atoms with E-state index in [-0.39, 0.29) is 11.9 Å². The Balaban J connectivity index is 1.78. The summed E-state index contributed by atoms with van der Waals surface area (Å²) in [5.74, 6) is 1.18. The maximum atomic E-state index is 12.0. The summed E-state index contributed by atoms with van der Waals surface area (Å²) in [6.07, 6.45) is 1.88. The zero-order chi connectivity index (χ0) is 13.2. The quantitative estimate of drug-likeness (QED) is 0.868. The summed E-state index contributed by atoms with van der Waals surface area (Å²) in [6.45, 7) is 1.90. The van der Waals surface area contributed by atoms with Crippen LogP contribution in [0.5, 0.6) is 11.5 Å². The average molecular weight is 283 g/mol. The number of nitrogens with one attached hydrogen (secondary N) is 2. The maximum Gasteiger partial charge on any atom is 0.241 e. The van der Waals surface area contributed by atoms with E-state index in [0.717, 1.165) is 19.4 Å². The first-order valence-corrected chi connectivity index (χ1v) is 6.75. The Morgan fingerprint density at radius 2 is 2.05 bits per heavy atom. The second-order valence-electron chi connectivity index (χ2n) is 4.61. The molecule has 0 bridgehead atoms. The largest absolute Gasteiger partial charge is 0.486 e. The first-order valence-electron chi connectivity index (χ1n) is 6.37. The third-order valence-electron chi connectivity index (χ3n) is 3.27. The number of carbonyl (C=O) groups excluding carboxylic acids is 1. The molecule has 3 rings (SSSR count). The second kappa shape index (κ2) is 5.27. The van der Waals surface area contributed by atoms with Gasteiger partial charge in [-0.1, -0.05) is 11.6 Å². The lowest BCUT2D eigenvalue weighted by molar-refractivity contribution is -0.117. The van der Waals surface area contributed by atoms with Crippen LogP contribution < -0.4 is 20.1 Å². The van der Waals surface area contributed by atoms with Gasteiger partial charge in [-0.15, -0.1) is 0 Å². The van der Waals surface area contributed by atoms with E-state index >= 15 is 0 Å². The number of amides is 1. The van der Waals surface area contributed by atoms with E-state index in [1.165, 1.54) is 0 Å². The van der Waals surface area contributed by atoms with Gasteiger partial charge in [0.1, 0.15) is 13.2 Å². The van der Waals surface area contributed by atoms with Crippen LogP contribution in [0.3, 0.4) is 0 Å². The molecule has 1 atom stereocenters. The van der Waals surface area contributed by atoms with Crippen LogP contribution in [0.15, 0.2) is 12.1 Å². The molecule has 2 heterocycles. The van der Waals surface area contributed by atoms with E-state index in [2.05, 4.69) is 10.6 Å². The molecule has 0 saturated carbocycles. The Labute approximate surface area is 116 Å². The Morgan fingerprint density at radius 3 is 2.74 bits per heavy atom. The number of hydrogen-bond acceptors (Lipinski definition) is 4. The molecule has 2 N–H and O–H groups in total. The number of hydrogen-bond donors (Lipinski definition) is 2. The van der Waals surface area contributed by atoms with Gasteiger partial charge in [-0.25, -0.2) is 0 Å². The number of ether oxygens (including phenoxy) is 2. The zero-order valence-corrected chi connectivity index (χ0v) is 11.1. The lowest BCUT2D eigenvalue weighted by Crippen LogP contribution is -2.35. The van der Waals surface area contributed by atoms with Crippen molar-refractivity contribution in [3.63, 3.8) is 0 Å². The molecule has 1 amide bonds. The number of fused-ring (bicyclic) bond motifs is 1. The highest BCUT2D eigenvalue weighted by Gasteiger charge is 2.23. The Kier molecular flexibility index (Phi) is 3.48. The molecular formula is C13H15ClN2O3. The van der Waals surface area contributed by atoms with Crippen molar-refractivity contribution < 1.29 is 14.3 Å². The standard InChI is InChI=1S/C13H15ClN2O3/c14-8-6-11-12(19-5-4-18-11)7-10(8)16-13(17)9-2-1-3-15-9/h6-7,9,15H,1-5H2,(H,16,17). The van der Waals surface area contributed by atoms with Gasteiger partial charge >= 0.3 is 0 Å². The predicted octanol–water partition coefficient (Wildman–Crippen LogP) is 1.80. The zero-order valence-electron chi connectivity index (χ0n) is 10.4. The summed E-state index contributed by atoms with van der Waals surface area (Å²) in [5, 5.41) is 6.43. The van der Waals surface area contributed by atoms with E-state index < -0.39 is 0 Å². The molecule has 2 aliphatic rings. The summed E-state index contributed by atoms with van der Waals surface area (Å²) in [5.41, 5.74) is 0.560. The molecule has 5 nitrogen and oxygen atoms in total. The molecule has 1 unspecified atom stereocenters. The molecule has 1 aromatic carbocycles. The monoisotopic (exact) mass is 282 g/mol. The molecular weight excluding hydrogens is 268 g/mol. The Morgan fingerprint density at radius 1 is 1.32 bits per heavy atom. The third kappa shape index (κ3) is 2.62. The minimum atomic E-state index is -0.135. The molecule has 19 heavy (non-hydrogen) atoms. The van der Waals surface area contributed by atoms with Gasteiger partial charge in [-0.2, -0.15) is 0 Å². The highest BCUT2D eigenvalue weighted by atomic mass is 35.5. The van der Waals surface area contributed by atoms with Gasteiger partial charge in [0.05, 0.1) is 16.8 Å². The normalized spacial score (nSPS) is 21.2. The molecule has 1 aromatic rings. The van der Waals surface area contributed by atoms with Crippen LogP contribution in [-0.4, -0.2) is 31.7 Å². The minimum absolute atomic E-state index is 0.0592. The number of halogens is 1. The van der Waals surface area contributed by atoms with Crippen molar-refractivity contribution in [2.75, 3.05) is 25.1 Å². The van der Waals surface area contributed by atoms with Gasteiger partial charge in [0, 0.05) is 12.1 Å². The fourth-order valence-corrected chi connectivity index (χ4v) is 2.49. The van der Waals surface area contributed by atoms with Crippen molar-refractivity contribution in [2.45, 2.75) is 18.9 Å². The Hall–Kier alpha value is -1.46. The van der Waals surface area contributed by atoms with Crippen LogP contribution >= 0.6 is 11.6 Å². The fourth-order valence-electron chi connectivity index (χ4n) is 2.29. The van der Waals surface area contributed by atoms with Gasteiger partial charge in [0.15, 0.2) is 11.5 Å². The van der Waals surface area contributed by atoms with E-state index in [1.54, 1.807) is 12.1 Å². The minimum Gasteiger partial charge on any atom is -0.486 e. The lowest BCUT2D eigenvalue weighted by Gasteiger charge is -2.20. The molecule has 0 aliphatic carbocycles. The smallest absolute Gasteiger partial charge is 0.241 e. The van der Waals surface area contributed by atoms with E-state index in [0.29, 0.717) is 35.4 Å². The number of anilines is 1. The van der Waals surface area contributed by atoms with Gasteiger partial charge in [0.25, 0.3) is 0 Å². The second-order valence-corrected chi connectivity index (χ2v) is 5.02. The maximum absolute atomic E-state index is 12.0. The topological polar surface area (TPSA) is 59.6 Å². The molecule has 0 radical (unpaired) electrons. The average Bonchev–Trinajstić information content (AvgIpc) is 2.93. The van der Waals surface area contributed by atoms with Crippen molar-refractivity contribution >= 4 is 23.2 Å². The van der Waals surface area contributed by atoms with Crippen molar-refractivity contribution in [2.24, 2.45) is 0 Å². The first kappa shape index (κ1) is 12.6. The number of rotatable bonds is 2. The summed E-state index contributed by atoms with van der Waals surface area (Å²) >= 11 is 6.14. The van der Waals surface area contributed by atoms with Crippen LogP contribution in [0.25, 0.3) is 0 Å². The summed E-state index contributed by atoms with van der Waals surface area (Å²) in [7, 11) is 0. The molecule has 102 valence electrons. The van der Waals surface area contributed by atoms with Crippen LogP contribution in [0.2, 0.25) is 5.02 Å². The highest BCUT2D eigenvalue weighted by Crippen LogP contribution is 2.38. The summed E-state index contributed by atoms with van der Waals surface area (Å²) in [6, 6.07) is 3.25. The van der Waals surface area contributed by atoms with Crippen LogP contribution in [-0.2, 0) is 4.79 Å². The number of benzene rings is 1. The van der Waals surface area contributed by atoms with E-state index in [9.17, 15) is 4.79 Å². The Bertz CT molecular complexity index is 501. The van der Waals surface area contributed by atoms with Gasteiger partial charge in [-0.05, 0) is 19.4 Å². The number of carbonyl (C=O) groups is 1. The summed E-state index contributed by atoms with van der Waals surface area (Å²) < 4.78 is 10.9. The van der Waals surface area contributed by atoms with Crippen molar-refractivity contribution in [3.8, 4) is 11.5 Å². The van der Waals surface area contributed by atoms with Crippen LogP contribution in [0, 0.1) is 0 Å². The molecule has 1 saturated heterocycles. The molecule has 1 fully saturated rings. The lowest BCUT2D eigenvalue weighted by atomic mass is 10.2. The van der Waals surface area contributed by atoms with E-state index in [1.807, 2.05) is 0 Å². The fraction of sp³-hybridized carbons (Fsp3) is 0.462. The third-order valence-corrected chi connectivity index (χ3v) is 3.58. The molecule has 0 spiro atoms. The predicted molar refractivity (Wildman–Crippen MR) is 72.1 cm³/mol. The van der Waals surface area contributed by atoms with Gasteiger partial charge in [0.2, 0.25) is 5.91 Å². The molecule has 0 aromatic heterocycles. The first-order chi connectivity index (χ1) is 9.24. The molecule has 6 heteroatoms. The van der Waals surface area contributed by atoms with Crippen LogP contribution in [0.1, 0.15) is 12.8 Å². The SMILES string of the molecule is O=C(Nc1cc2c(cc1Cl)OCCO2)C1CCCN1. The van der Waals surface area contributed by atoms with Gasteiger partial charge < -0.3 is 20.1 Å².